The lowest BCUT2D eigenvalue weighted by atomic mass is 10.1. The van der Waals surface area contributed by atoms with E-state index in [2.05, 4.69) is 49.5 Å². The number of ether oxygens (including phenoxy) is 1. The summed E-state index contributed by atoms with van der Waals surface area (Å²) < 4.78 is 5.93. The summed E-state index contributed by atoms with van der Waals surface area (Å²) in [5.74, 6) is 1.26. The number of thioether (sulfide) groups is 1. The molecule has 0 aliphatic carbocycles. The maximum Gasteiger partial charge on any atom is 0.286 e. The third-order valence-electron chi connectivity index (χ3n) is 4.94. The molecule has 1 unspecified atom stereocenters. The van der Waals surface area contributed by atoms with Crippen LogP contribution in [0.3, 0.4) is 0 Å². The molecule has 31 heavy (non-hydrogen) atoms. The first kappa shape index (κ1) is 20.9. The van der Waals surface area contributed by atoms with Crippen molar-refractivity contribution in [2.75, 3.05) is 0 Å². The molecule has 4 rings (SSSR count). The average molecular weight is 430 g/mol. The van der Waals surface area contributed by atoms with Gasteiger partial charge in [-0.25, -0.2) is 0 Å². The van der Waals surface area contributed by atoms with Crippen LogP contribution in [0.2, 0.25) is 0 Å². The van der Waals surface area contributed by atoms with Crippen LogP contribution < -0.4 is 10.1 Å². The highest BCUT2D eigenvalue weighted by Gasteiger charge is 2.31. The molecule has 1 atom stereocenters. The Balaban J connectivity index is 1.36. The lowest BCUT2D eigenvalue weighted by molar-refractivity contribution is -0.118. The van der Waals surface area contributed by atoms with E-state index in [1.54, 1.807) is 0 Å². The maximum atomic E-state index is 11.7. The highest BCUT2D eigenvalue weighted by Crippen LogP contribution is 2.26. The van der Waals surface area contributed by atoms with Gasteiger partial charge in [0, 0.05) is 0 Å². The predicted octanol–water partition coefficient (Wildman–Crippen LogP) is 6.16. The summed E-state index contributed by atoms with van der Waals surface area (Å²) >= 11 is 1.04. The second-order valence-corrected chi connectivity index (χ2v) is 8.83. The van der Waals surface area contributed by atoms with Gasteiger partial charge in [0.05, 0.1) is 5.25 Å². The molecule has 1 aliphatic heterocycles. The zero-order valence-corrected chi connectivity index (χ0v) is 18.2. The number of carbonyl (C=O) groups excluding carboxylic acids is 2. The van der Waals surface area contributed by atoms with Crippen molar-refractivity contribution >= 4 is 35.1 Å². The van der Waals surface area contributed by atoms with Gasteiger partial charge in [-0.1, -0.05) is 77.5 Å². The Bertz CT molecular complexity index is 1110. The molecule has 1 N–H and O–H groups in total. The highest BCUT2D eigenvalue weighted by atomic mass is 32.2. The number of hydrogen-bond acceptors (Lipinski definition) is 4. The summed E-state index contributed by atoms with van der Waals surface area (Å²) in [5.41, 5.74) is 5.79. The first-order valence-electron chi connectivity index (χ1n) is 10.1. The fraction of sp³-hybridized carbons (Fsp3) is 0.154. The third-order valence-corrected chi connectivity index (χ3v) is 5.92. The zero-order valence-electron chi connectivity index (χ0n) is 17.4. The van der Waals surface area contributed by atoms with Crippen LogP contribution in [0.5, 0.6) is 11.5 Å². The van der Waals surface area contributed by atoms with Gasteiger partial charge in [0.1, 0.15) is 11.5 Å². The molecule has 0 aromatic heterocycles. The molecule has 5 heteroatoms. The van der Waals surface area contributed by atoms with Crippen LogP contribution >= 0.6 is 11.8 Å². The van der Waals surface area contributed by atoms with E-state index in [1.165, 1.54) is 16.7 Å². The molecular formula is C26H23NO3S. The number of amides is 2. The van der Waals surface area contributed by atoms with Crippen molar-refractivity contribution in [2.45, 2.75) is 25.5 Å². The predicted molar refractivity (Wildman–Crippen MR) is 126 cm³/mol. The topological polar surface area (TPSA) is 55.4 Å². The Morgan fingerprint density at radius 2 is 1.42 bits per heavy atom. The van der Waals surface area contributed by atoms with E-state index in [4.69, 9.17) is 4.74 Å². The quantitative estimate of drug-likeness (QED) is 0.477. The maximum absolute atomic E-state index is 11.7. The van der Waals surface area contributed by atoms with Crippen LogP contribution in [-0.2, 0) is 11.2 Å². The lowest BCUT2D eigenvalue weighted by Gasteiger charge is -2.08. The van der Waals surface area contributed by atoms with E-state index in [9.17, 15) is 9.59 Å². The van der Waals surface area contributed by atoms with E-state index < -0.39 is 0 Å². The Labute approximate surface area is 186 Å². The fourth-order valence-electron chi connectivity index (χ4n) is 3.52. The molecule has 2 amide bonds. The molecule has 0 saturated carbocycles. The monoisotopic (exact) mass is 429 g/mol. The van der Waals surface area contributed by atoms with Gasteiger partial charge < -0.3 is 4.74 Å². The molecule has 0 bridgehead atoms. The number of imide groups is 1. The second kappa shape index (κ2) is 9.23. The molecule has 1 aliphatic rings. The largest absolute Gasteiger partial charge is 0.457 e. The molecule has 4 nitrogen and oxygen atoms in total. The number of hydrogen-bond donors (Lipinski definition) is 1. The van der Waals surface area contributed by atoms with Crippen molar-refractivity contribution in [1.29, 1.82) is 0 Å². The van der Waals surface area contributed by atoms with Crippen LogP contribution in [0.1, 0.15) is 27.8 Å². The summed E-state index contributed by atoms with van der Waals surface area (Å²) in [5, 5.41) is 1.68. The normalized spacial score (nSPS) is 16.0. The fourth-order valence-corrected chi connectivity index (χ4v) is 4.38. The Morgan fingerprint density at radius 3 is 2.00 bits per heavy atom. The van der Waals surface area contributed by atoms with Crippen molar-refractivity contribution in [3.63, 3.8) is 0 Å². The number of nitrogens with one attached hydrogen (secondary N) is 1. The molecule has 1 heterocycles. The molecule has 156 valence electrons. The minimum Gasteiger partial charge on any atom is -0.457 e. The van der Waals surface area contributed by atoms with Gasteiger partial charge in [-0.05, 0) is 61.2 Å². The van der Waals surface area contributed by atoms with Crippen LogP contribution in [0.15, 0.2) is 66.7 Å². The Morgan fingerprint density at radius 1 is 0.839 bits per heavy atom. The molecule has 0 spiro atoms. The number of carbonyl (C=O) groups is 2. The smallest absolute Gasteiger partial charge is 0.286 e. The molecule has 1 saturated heterocycles. The van der Waals surface area contributed by atoms with E-state index >= 15 is 0 Å². The van der Waals surface area contributed by atoms with Crippen molar-refractivity contribution in [3.8, 4) is 11.5 Å². The van der Waals surface area contributed by atoms with Gasteiger partial charge in [0.2, 0.25) is 5.91 Å². The number of benzene rings is 3. The lowest BCUT2D eigenvalue weighted by Crippen LogP contribution is -2.25. The van der Waals surface area contributed by atoms with Gasteiger partial charge >= 0.3 is 0 Å². The standard InChI is InChI=1S/C26H23NO3S/c1-17-13-18(2)15-21(14-17)4-3-19-5-9-22(10-6-19)30-23-11-7-20(8-12-23)16-24-25(28)27-26(29)31-24/h3-15,24H,16H2,1-2H3,(H,27,28,29)/b4-3-. The highest BCUT2D eigenvalue weighted by molar-refractivity contribution is 8.15. The van der Waals surface area contributed by atoms with Gasteiger partial charge in [0.15, 0.2) is 0 Å². The van der Waals surface area contributed by atoms with Gasteiger partial charge in [-0.3, -0.25) is 14.9 Å². The Kier molecular flexibility index (Phi) is 6.23. The van der Waals surface area contributed by atoms with E-state index in [-0.39, 0.29) is 16.4 Å². The molecule has 3 aromatic carbocycles. The van der Waals surface area contributed by atoms with Crippen molar-refractivity contribution in [3.05, 3.63) is 94.5 Å². The van der Waals surface area contributed by atoms with Gasteiger partial charge in [-0.15, -0.1) is 0 Å². The molecular weight excluding hydrogens is 406 g/mol. The zero-order chi connectivity index (χ0) is 21.8. The van der Waals surface area contributed by atoms with E-state index in [1.807, 2.05) is 48.5 Å². The first-order chi connectivity index (χ1) is 14.9. The van der Waals surface area contributed by atoms with Crippen LogP contribution in [-0.4, -0.2) is 16.4 Å². The minimum absolute atomic E-state index is 0.220. The molecule has 0 radical (unpaired) electrons. The summed E-state index contributed by atoms with van der Waals surface area (Å²) in [6, 6.07) is 22.0. The van der Waals surface area contributed by atoms with Crippen LogP contribution in [0, 0.1) is 13.8 Å². The van der Waals surface area contributed by atoms with Crippen LogP contribution in [0.4, 0.5) is 4.79 Å². The van der Waals surface area contributed by atoms with Crippen molar-refractivity contribution < 1.29 is 14.3 Å². The Hall–Kier alpha value is -3.31. The van der Waals surface area contributed by atoms with E-state index in [0.717, 1.165) is 34.4 Å². The van der Waals surface area contributed by atoms with Crippen molar-refractivity contribution in [2.24, 2.45) is 0 Å². The van der Waals surface area contributed by atoms with Crippen LogP contribution in [0.25, 0.3) is 12.2 Å². The third kappa shape index (κ3) is 5.64. The average Bonchev–Trinajstić information content (AvgIpc) is 3.05. The van der Waals surface area contributed by atoms with Gasteiger partial charge in [-0.2, -0.15) is 0 Å². The summed E-state index contributed by atoms with van der Waals surface area (Å²) in [6.07, 6.45) is 4.73. The summed E-state index contributed by atoms with van der Waals surface area (Å²) in [7, 11) is 0. The summed E-state index contributed by atoms with van der Waals surface area (Å²) in [6.45, 7) is 4.21. The van der Waals surface area contributed by atoms with Gasteiger partial charge in [0.25, 0.3) is 5.24 Å². The SMILES string of the molecule is Cc1cc(C)cc(/C=C\c2ccc(Oc3ccc(CC4SC(=O)NC4=O)cc3)cc2)c1. The second-order valence-electron chi connectivity index (χ2n) is 7.66. The summed E-state index contributed by atoms with van der Waals surface area (Å²) in [4.78, 5) is 23.0. The number of rotatable bonds is 6. The number of aryl methyl sites for hydroxylation is 2. The van der Waals surface area contributed by atoms with Crippen molar-refractivity contribution in [1.82, 2.24) is 5.32 Å². The molecule has 3 aromatic rings. The molecule has 1 fully saturated rings. The first-order valence-corrected chi connectivity index (χ1v) is 11.0. The van der Waals surface area contributed by atoms with E-state index in [0.29, 0.717) is 6.42 Å². The minimum atomic E-state index is -0.358.